The van der Waals surface area contributed by atoms with Crippen molar-refractivity contribution in [2.24, 2.45) is 0 Å². The van der Waals surface area contributed by atoms with Crippen LogP contribution in [0.1, 0.15) is 10.4 Å². The summed E-state index contributed by atoms with van der Waals surface area (Å²) in [7, 11) is 0. The molecule has 0 radical (unpaired) electrons. The average molecular weight is 272 g/mol. The van der Waals surface area contributed by atoms with Crippen LogP contribution in [0.5, 0.6) is 0 Å². The predicted octanol–water partition coefficient (Wildman–Crippen LogP) is 3.70. The molecule has 0 bridgehead atoms. The van der Waals surface area contributed by atoms with Gasteiger partial charge in [-0.3, -0.25) is 4.79 Å². The van der Waals surface area contributed by atoms with Crippen LogP contribution in [0, 0.1) is 11.6 Å². The van der Waals surface area contributed by atoms with E-state index in [9.17, 15) is 13.6 Å². The molecule has 0 unspecified atom stereocenters. The van der Waals surface area contributed by atoms with Gasteiger partial charge in [0.1, 0.15) is 0 Å². The molecule has 1 aromatic heterocycles. The third kappa shape index (κ3) is 2.14. The van der Waals surface area contributed by atoms with Gasteiger partial charge in [0.15, 0.2) is 11.6 Å². The van der Waals surface area contributed by atoms with E-state index in [1.165, 1.54) is 6.07 Å². The first-order valence-corrected chi connectivity index (χ1v) is 5.97. The molecule has 1 heterocycles. The molecule has 0 fully saturated rings. The van der Waals surface area contributed by atoms with Gasteiger partial charge in [-0.1, -0.05) is 6.07 Å². The Kier molecular flexibility index (Phi) is 2.95. The Morgan fingerprint density at radius 1 is 1.05 bits per heavy atom. The fraction of sp³-hybridized carbons (Fsp3) is 0. The van der Waals surface area contributed by atoms with Gasteiger partial charge in [0.05, 0.1) is 0 Å². The summed E-state index contributed by atoms with van der Waals surface area (Å²) in [4.78, 5) is 15.2. The van der Waals surface area contributed by atoms with Crippen LogP contribution in [0.25, 0.3) is 10.9 Å². The normalized spacial score (nSPS) is 10.7. The van der Waals surface area contributed by atoms with Crippen molar-refractivity contribution in [2.45, 2.75) is 0 Å². The molecular weight excluding hydrogens is 262 g/mol. The highest BCUT2D eigenvalue weighted by Gasteiger charge is 2.11. The average Bonchev–Trinajstić information content (AvgIpc) is 2.91. The molecule has 3 aromatic rings. The number of H-pyrrole nitrogens is 1. The highest BCUT2D eigenvalue weighted by Crippen LogP contribution is 2.19. The SMILES string of the molecule is O=C(Nc1ccc(F)c(F)c1)c1cccc2[nH]ccc12. The number of carbonyl (C=O) groups is 1. The topological polar surface area (TPSA) is 44.9 Å². The number of fused-ring (bicyclic) bond motifs is 1. The van der Waals surface area contributed by atoms with Crippen molar-refractivity contribution in [2.75, 3.05) is 5.32 Å². The first-order chi connectivity index (χ1) is 9.65. The van der Waals surface area contributed by atoms with Crippen molar-refractivity contribution in [3.05, 3.63) is 65.9 Å². The lowest BCUT2D eigenvalue weighted by atomic mass is 10.1. The summed E-state index contributed by atoms with van der Waals surface area (Å²) in [5.41, 5.74) is 1.51. The number of carbonyl (C=O) groups excluding carboxylic acids is 1. The summed E-state index contributed by atoms with van der Waals surface area (Å²) in [5.74, 6) is -2.32. The van der Waals surface area contributed by atoms with E-state index in [1.54, 1.807) is 24.4 Å². The number of hydrogen-bond donors (Lipinski definition) is 2. The van der Waals surface area contributed by atoms with Gasteiger partial charge in [-0.05, 0) is 30.3 Å². The van der Waals surface area contributed by atoms with Crippen LogP contribution in [0.4, 0.5) is 14.5 Å². The second-order valence-corrected chi connectivity index (χ2v) is 4.33. The quantitative estimate of drug-likeness (QED) is 0.734. The van der Waals surface area contributed by atoms with Gasteiger partial charge in [0, 0.05) is 34.4 Å². The number of rotatable bonds is 2. The van der Waals surface area contributed by atoms with Crippen molar-refractivity contribution in [1.29, 1.82) is 0 Å². The molecule has 3 nitrogen and oxygen atoms in total. The zero-order valence-corrected chi connectivity index (χ0v) is 10.3. The zero-order valence-electron chi connectivity index (χ0n) is 10.3. The van der Waals surface area contributed by atoms with E-state index in [0.29, 0.717) is 5.56 Å². The molecule has 1 amide bonds. The lowest BCUT2D eigenvalue weighted by Gasteiger charge is -2.06. The van der Waals surface area contributed by atoms with Crippen LogP contribution >= 0.6 is 0 Å². The molecule has 2 aromatic carbocycles. The van der Waals surface area contributed by atoms with Gasteiger partial charge in [0.2, 0.25) is 0 Å². The highest BCUT2D eigenvalue weighted by atomic mass is 19.2. The summed E-state index contributed by atoms with van der Waals surface area (Å²) < 4.78 is 25.9. The van der Waals surface area contributed by atoms with Crippen molar-refractivity contribution in [3.8, 4) is 0 Å². The van der Waals surface area contributed by atoms with Crippen LogP contribution in [0.2, 0.25) is 0 Å². The summed E-state index contributed by atoms with van der Waals surface area (Å²) in [6.45, 7) is 0. The smallest absolute Gasteiger partial charge is 0.256 e. The molecule has 2 N–H and O–H groups in total. The number of hydrogen-bond acceptors (Lipinski definition) is 1. The third-order valence-electron chi connectivity index (χ3n) is 3.02. The number of anilines is 1. The maximum Gasteiger partial charge on any atom is 0.256 e. The first kappa shape index (κ1) is 12.3. The number of amides is 1. The Bertz CT molecular complexity index is 795. The Balaban J connectivity index is 1.93. The fourth-order valence-electron chi connectivity index (χ4n) is 2.06. The number of benzene rings is 2. The predicted molar refractivity (Wildman–Crippen MR) is 72.6 cm³/mol. The van der Waals surface area contributed by atoms with Gasteiger partial charge in [-0.15, -0.1) is 0 Å². The van der Waals surface area contributed by atoms with Gasteiger partial charge in [0.25, 0.3) is 5.91 Å². The largest absolute Gasteiger partial charge is 0.361 e. The van der Waals surface area contributed by atoms with Crippen LogP contribution in [-0.4, -0.2) is 10.9 Å². The molecule has 0 aliphatic heterocycles. The van der Waals surface area contributed by atoms with Crippen LogP contribution < -0.4 is 5.32 Å². The third-order valence-corrected chi connectivity index (χ3v) is 3.02. The number of aromatic amines is 1. The van der Waals surface area contributed by atoms with E-state index in [4.69, 9.17) is 0 Å². The molecule has 0 atom stereocenters. The maximum absolute atomic E-state index is 13.1. The summed E-state index contributed by atoms with van der Waals surface area (Å²) >= 11 is 0. The summed E-state index contributed by atoms with van der Waals surface area (Å²) in [6, 6.07) is 10.3. The number of aromatic nitrogens is 1. The second kappa shape index (κ2) is 4.77. The number of nitrogens with one attached hydrogen (secondary N) is 2. The molecule has 0 saturated heterocycles. The van der Waals surface area contributed by atoms with Gasteiger partial charge in [-0.2, -0.15) is 0 Å². The van der Waals surface area contributed by atoms with Gasteiger partial charge < -0.3 is 10.3 Å². The second-order valence-electron chi connectivity index (χ2n) is 4.33. The minimum absolute atomic E-state index is 0.210. The lowest BCUT2D eigenvalue weighted by Crippen LogP contribution is -2.12. The molecule has 100 valence electrons. The van der Waals surface area contributed by atoms with Crippen molar-refractivity contribution < 1.29 is 13.6 Å². The molecule has 0 aliphatic carbocycles. The number of halogens is 2. The monoisotopic (exact) mass is 272 g/mol. The molecule has 0 spiro atoms. The van der Waals surface area contributed by atoms with Gasteiger partial charge in [-0.25, -0.2) is 8.78 Å². The Morgan fingerprint density at radius 2 is 1.90 bits per heavy atom. The van der Waals surface area contributed by atoms with Crippen molar-refractivity contribution in [3.63, 3.8) is 0 Å². The Labute approximate surface area is 113 Å². The summed E-state index contributed by atoms with van der Waals surface area (Å²) in [6.07, 6.45) is 1.74. The molecule has 0 saturated carbocycles. The minimum atomic E-state index is -0.998. The first-order valence-electron chi connectivity index (χ1n) is 5.97. The van der Waals surface area contributed by atoms with Crippen LogP contribution in [0.15, 0.2) is 48.7 Å². The Morgan fingerprint density at radius 3 is 2.70 bits per heavy atom. The van der Waals surface area contributed by atoms with E-state index >= 15 is 0 Å². The molecule has 0 aliphatic rings. The van der Waals surface area contributed by atoms with Crippen molar-refractivity contribution >= 4 is 22.5 Å². The lowest BCUT2D eigenvalue weighted by molar-refractivity contribution is 0.102. The molecule has 5 heteroatoms. The van der Waals surface area contributed by atoms with E-state index in [-0.39, 0.29) is 11.6 Å². The van der Waals surface area contributed by atoms with Crippen LogP contribution in [0.3, 0.4) is 0 Å². The molecular formula is C15H10F2N2O. The summed E-state index contributed by atoms with van der Waals surface area (Å²) in [5, 5.41) is 3.32. The standard InChI is InChI=1S/C15H10F2N2O/c16-12-5-4-9(8-13(12)17)19-15(20)11-2-1-3-14-10(11)6-7-18-14/h1-8,18H,(H,19,20). The van der Waals surface area contributed by atoms with E-state index in [0.717, 1.165) is 23.0 Å². The van der Waals surface area contributed by atoms with E-state index < -0.39 is 11.6 Å². The molecule has 3 rings (SSSR count). The maximum atomic E-state index is 13.1. The van der Waals surface area contributed by atoms with E-state index in [1.807, 2.05) is 6.07 Å². The zero-order chi connectivity index (χ0) is 14.1. The van der Waals surface area contributed by atoms with Gasteiger partial charge >= 0.3 is 0 Å². The Hall–Kier alpha value is -2.69. The van der Waals surface area contributed by atoms with Crippen molar-refractivity contribution in [1.82, 2.24) is 4.98 Å². The van der Waals surface area contributed by atoms with Crippen LogP contribution in [-0.2, 0) is 0 Å². The minimum Gasteiger partial charge on any atom is -0.361 e. The highest BCUT2D eigenvalue weighted by molar-refractivity contribution is 6.12. The fourth-order valence-corrected chi connectivity index (χ4v) is 2.06. The molecule has 20 heavy (non-hydrogen) atoms. The van der Waals surface area contributed by atoms with E-state index in [2.05, 4.69) is 10.3 Å².